The molecule has 8 heteroatoms. The SMILES string of the molecule is O=C(CSc1ncn[nH]1)Nc1ccc(N=Nc2ccccc2)cc1. The van der Waals surface area contributed by atoms with Gasteiger partial charge in [0.2, 0.25) is 5.91 Å². The van der Waals surface area contributed by atoms with Crippen LogP contribution >= 0.6 is 11.8 Å². The lowest BCUT2D eigenvalue weighted by molar-refractivity contribution is -0.113. The smallest absolute Gasteiger partial charge is 0.234 e. The van der Waals surface area contributed by atoms with Crippen molar-refractivity contribution in [1.29, 1.82) is 0 Å². The molecule has 7 nitrogen and oxygen atoms in total. The van der Waals surface area contributed by atoms with Gasteiger partial charge in [0, 0.05) is 5.69 Å². The number of aromatic amines is 1. The van der Waals surface area contributed by atoms with Crippen molar-refractivity contribution in [2.75, 3.05) is 11.1 Å². The van der Waals surface area contributed by atoms with Crippen molar-refractivity contribution in [2.24, 2.45) is 10.2 Å². The van der Waals surface area contributed by atoms with E-state index in [1.54, 1.807) is 24.3 Å². The van der Waals surface area contributed by atoms with E-state index in [0.29, 0.717) is 16.5 Å². The van der Waals surface area contributed by atoms with Gasteiger partial charge in [-0.1, -0.05) is 30.0 Å². The average molecular weight is 338 g/mol. The first kappa shape index (κ1) is 15.9. The Morgan fingerprint density at radius 3 is 2.42 bits per heavy atom. The monoisotopic (exact) mass is 338 g/mol. The summed E-state index contributed by atoms with van der Waals surface area (Å²) in [7, 11) is 0. The number of hydrogen-bond acceptors (Lipinski definition) is 6. The Bertz CT molecular complexity index is 802. The summed E-state index contributed by atoms with van der Waals surface area (Å²) in [5, 5.41) is 18.1. The molecular weight excluding hydrogens is 324 g/mol. The van der Waals surface area contributed by atoms with E-state index >= 15 is 0 Å². The molecule has 1 amide bonds. The summed E-state index contributed by atoms with van der Waals surface area (Å²) in [6.07, 6.45) is 1.41. The van der Waals surface area contributed by atoms with Gasteiger partial charge in [-0.15, -0.1) is 0 Å². The molecule has 0 unspecified atom stereocenters. The number of thioether (sulfide) groups is 1. The average Bonchev–Trinajstić information content (AvgIpc) is 3.14. The normalized spacial score (nSPS) is 10.8. The molecule has 0 bridgehead atoms. The van der Waals surface area contributed by atoms with Crippen LogP contribution in [-0.2, 0) is 4.79 Å². The Labute approximate surface area is 142 Å². The van der Waals surface area contributed by atoms with Gasteiger partial charge in [0.25, 0.3) is 0 Å². The molecule has 0 aliphatic rings. The quantitative estimate of drug-likeness (QED) is 0.525. The fraction of sp³-hybridized carbons (Fsp3) is 0.0625. The fourth-order valence-electron chi connectivity index (χ4n) is 1.82. The minimum atomic E-state index is -0.116. The van der Waals surface area contributed by atoms with Gasteiger partial charge in [-0.2, -0.15) is 15.3 Å². The summed E-state index contributed by atoms with van der Waals surface area (Å²) >= 11 is 1.29. The second-order valence-electron chi connectivity index (χ2n) is 4.71. The number of carbonyl (C=O) groups is 1. The number of hydrogen-bond donors (Lipinski definition) is 2. The predicted octanol–water partition coefficient (Wildman–Crippen LogP) is 3.95. The standard InChI is InChI=1S/C16H14N6OS/c23-15(10-24-16-17-11-18-22-16)19-12-6-8-14(9-7-12)21-20-13-4-2-1-3-5-13/h1-9,11H,10H2,(H,19,23)(H,17,18,22). The van der Waals surface area contributed by atoms with Gasteiger partial charge in [-0.25, -0.2) is 4.98 Å². The van der Waals surface area contributed by atoms with Gasteiger partial charge in [-0.3, -0.25) is 9.89 Å². The predicted molar refractivity (Wildman–Crippen MR) is 92.8 cm³/mol. The Hall–Kier alpha value is -3.00. The molecule has 0 spiro atoms. The zero-order valence-corrected chi connectivity index (χ0v) is 13.4. The highest BCUT2D eigenvalue weighted by Crippen LogP contribution is 2.20. The van der Waals surface area contributed by atoms with Gasteiger partial charge >= 0.3 is 0 Å². The third-order valence-corrected chi connectivity index (χ3v) is 3.80. The van der Waals surface area contributed by atoms with Gasteiger partial charge in [0.05, 0.1) is 17.1 Å². The number of amides is 1. The molecule has 0 aliphatic carbocycles. The van der Waals surface area contributed by atoms with E-state index in [4.69, 9.17) is 0 Å². The molecular formula is C16H14N6OS. The Morgan fingerprint density at radius 2 is 1.75 bits per heavy atom. The van der Waals surface area contributed by atoms with Crippen LogP contribution in [0, 0.1) is 0 Å². The van der Waals surface area contributed by atoms with Crippen LogP contribution in [0.4, 0.5) is 17.1 Å². The number of rotatable bonds is 6. The van der Waals surface area contributed by atoms with Crippen LogP contribution in [0.1, 0.15) is 0 Å². The van der Waals surface area contributed by atoms with Crippen LogP contribution in [-0.4, -0.2) is 26.8 Å². The number of benzene rings is 2. The number of anilines is 1. The summed E-state index contributed by atoms with van der Waals surface area (Å²) in [6.45, 7) is 0. The molecule has 0 saturated carbocycles. The fourth-order valence-corrected chi connectivity index (χ4v) is 2.40. The van der Waals surface area contributed by atoms with Crippen molar-refractivity contribution in [1.82, 2.24) is 15.2 Å². The third kappa shape index (κ3) is 4.75. The van der Waals surface area contributed by atoms with Gasteiger partial charge in [0.15, 0.2) is 5.16 Å². The minimum Gasteiger partial charge on any atom is -0.325 e. The second kappa shape index (κ2) is 8.02. The molecule has 0 atom stereocenters. The minimum absolute atomic E-state index is 0.116. The van der Waals surface area contributed by atoms with E-state index < -0.39 is 0 Å². The Balaban J connectivity index is 1.52. The van der Waals surface area contributed by atoms with Crippen molar-refractivity contribution in [3.8, 4) is 0 Å². The Kier molecular flexibility index (Phi) is 5.31. The van der Waals surface area contributed by atoms with Crippen LogP contribution < -0.4 is 5.32 Å². The summed E-state index contributed by atoms with van der Waals surface area (Å²) in [5.41, 5.74) is 2.21. The van der Waals surface area contributed by atoms with E-state index in [-0.39, 0.29) is 11.7 Å². The first-order valence-electron chi connectivity index (χ1n) is 7.14. The zero-order chi connectivity index (χ0) is 16.6. The van der Waals surface area contributed by atoms with Crippen molar-refractivity contribution >= 4 is 34.7 Å². The van der Waals surface area contributed by atoms with Gasteiger partial charge < -0.3 is 5.32 Å². The molecule has 0 aliphatic heterocycles. The molecule has 0 saturated heterocycles. The molecule has 120 valence electrons. The van der Waals surface area contributed by atoms with Crippen LogP contribution in [0.25, 0.3) is 0 Å². The van der Waals surface area contributed by atoms with E-state index in [0.717, 1.165) is 5.69 Å². The first-order valence-corrected chi connectivity index (χ1v) is 8.13. The van der Waals surface area contributed by atoms with Crippen molar-refractivity contribution in [3.05, 3.63) is 60.9 Å². The maximum Gasteiger partial charge on any atom is 0.234 e. The lowest BCUT2D eigenvalue weighted by atomic mass is 10.3. The number of nitrogens with zero attached hydrogens (tertiary/aromatic N) is 4. The highest BCUT2D eigenvalue weighted by Gasteiger charge is 2.05. The van der Waals surface area contributed by atoms with E-state index in [9.17, 15) is 4.79 Å². The molecule has 2 N–H and O–H groups in total. The van der Waals surface area contributed by atoms with Crippen LogP contribution in [0.2, 0.25) is 0 Å². The zero-order valence-electron chi connectivity index (χ0n) is 12.6. The Morgan fingerprint density at radius 1 is 1.04 bits per heavy atom. The lowest BCUT2D eigenvalue weighted by Gasteiger charge is -2.04. The molecule has 3 rings (SSSR count). The summed E-state index contributed by atoms with van der Waals surface area (Å²) < 4.78 is 0. The van der Waals surface area contributed by atoms with E-state index in [1.807, 2.05) is 30.3 Å². The topological polar surface area (TPSA) is 95.4 Å². The largest absolute Gasteiger partial charge is 0.325 e. The van der Waals surface area contributed by atoms with Crippen LogP contribution in [0.5, 0.6) is 0 Å². The van der Waals surface area contributed by atoms with Gasteiger partial charge in [-0.05, 0) is 36.4 Å². The van der Waals surface area contributed by atoms with Crippen LogP contribution in [0.15, 0.2) is 76.3 Å². The number of H-pyrrole nitrogens is 1. The summed E-state index contributed by atoms with van der Waals surface area (Å²) in [6, 6.07) is 16.7. The lowest BCUT2D eigenvalue weighted by Crippen LogP contribution is -2.13. The number of nitrogens with one attached hydrogen (secondary N) is 2. The summed E-state index contributed by atoms with van der Waals surface area (Å²) in [4.78, 5) is 15.8. The number of carbonyl (C=O) groups excluding carboxylic acids is 1. The van der Waals surface area contributed by atoms with E-state index in [2.05, 4.69) is 30.7 Å². The van der Waals surface area contributed by atoms with Crippen LogP contribution in [0.3, 0.4) is 0 Å². The highest BCUT2D eigenvalue weighted by molar-refractivity contribution is 7.99. The van der Waals surface area contributed by atoms with Crippen molar-refractivity contribution < 1.29 is 4.79 Å². The molecule has 0 fully saturated rings. The number of azo groups is 1. The summed E-state index contributed by atoms with van der Waals surface area (Å²) in [5.74, 6) is 0.139. The second-order valence-corrected chi connectivity index (χ2v) is 5.67. The third-order valence-electron chi connectivity index (χ3n) is 2.92. The van der Waals surface area contributed by atoms with Crippen molar-refractivity contribution in [3.63, 3.8) is 0 Å². The molecule has 1 aromatic heterocycles. The molecule has 24 heavy (non-hydrogen) atoms. The number of aromatic nitrogens is 3. The molecule has 3 aromatic rings. The molecule has 0 radical (unpaired) electrons. The first-order chi connectivity index (χ1) is 11.8. The molecule has 1 heterocycles. The highest BCUT2D eigenvalue weighted by atomic mass is 32.2. The maximum atomic E-state index is 11.9. The molecule has 2 aromatic carbocycles. The van der Waals surface area contributed by atoms with Gasteiger partial charge in [0.1, 0.15) is 6.33 Å². The van der Waals surface area contributed by atoms with E-state index in [1.165, 1.54) is 18.1 Å². The maximum absolute atomic E-state index is 11.9. The van der Waals surface area contributed by atoms with Crippen molar-refractivity contribution in [2.45, 2.75) is 5.16 Å².